The molecule has 5 heterocycles. The van der Waals surface area contributed by atoms with E-state index in [9.17, 15) is 19.1 Å². The second kappa shape index (κ2) is 11.0. The normalized spacial score (nSPS) is 20.8. The Morgan fingerprint density at radius 3 is 2.62 bits per heavy atom. The summed E-state index contributed by atoms with van der Waals surface area (Å²) in [7, 11) is 5.43. The lowest BCUT2D eigenvalue weighted by atomic mass is 10.1. The van der Waals surface area contributed by atoms with Gasteiger partial charge in [0.1, 0.15) is 23.8 Å². The van der Waals surface area contributed by atoms with Crippen molar-refractivity contribution in [2.24, 2.45) is 5.92 Å². The summed E-state index contributed by atoms with van der Waals surface area (Å²) in [6.07, 6.45) is 5.87. The van der Waals surface area contributed by atoms with Crippen LogP contribution in [0.2, 0.25) is 0 Å². The summed E-state index contributed by atoms with van der Waals surface area (Å²) in [6, 6.07) is 7.97. The predicted molar refractivity (Wildman–Crippen MR) is 163 cm³/mol. The number of hydrogen-bond acceptors (Lipinski definition) is 9. The van der Waals surface area contributed by atoms with E-state index in [0.29, 0.717) is 23.2 Å². The number of ether oxygens (including phenoxy) is 2. The Kier molecular flexibility index (Phi) is 7.07. The van der Waals surface area contributed by atoms with Crippen LogP contribution in [0.15, 0.2) is 53.7 Å². The van der Waals surface area contributed by atoms with E-state index in [2.05, 4.69) is 19.8 Å². The molecule has 0 bridgehead atoms. The smallest absolute Gasteiger partial charge is 0.341 e. The van der Waals surface area contributed by atoms with Crippen LogP contribution in [-0.2, 0) is 0 Å². The Balaban J connectivity index is 1.25. The van der Waals surface area contributed by atoms with Gasteiger partial charge in [-0.25, -0.2) is 19.2 Å². The van der Waals surface area contributed by atoms with Gasteiger partial charge in [-0.2, -0.15) is 4.39 Å². The fourth-order valence-electron chi connectivity index (χ4n) is 6.50. The number of halogens is 2. The molecule has 1 aliphatic carbocycles. The fourth-order valence-corrected chi connectivity index (χ4v) is 6.50. The van der Waals surface area contributed by atoms with Gasteiger partial charge in [0.05, 0.1) is 36.2 Å². The number of rotatable bonds is 9. The van der Waals surface area contributed by atoms with E-state index in [0.717, 1.165) is 37.8 Å². The minimum absolute atomic E-state index is 0.00977. The van der Waals surface area contributed by atoms with E-state index < -0.39 is 28.6 Å². The van der Waals surface area contributed by atoms with Crippen LogP contribution in [0.25, 0.3) is 16.6 Å². The van der Waals surface area contributed by atoms with Gasteiger partial charge in [0.15, 0.2) is 5.75 Å². The summed E-state index contributed by atoms with van der Waals surface area (Å²) in [5, 5.41) is 9.75. The average molecular weight is 619 g/mol. The fraction of sp³-hybridized carbons (Fsp3) is 0.375. The lowest BCUT2D eigenvalue weighted by molar-refractivity contribution is 0.0695. The quantitative estimate of drug-likeness (QED) is 0.299. The lowest BCUT2D eigenvalue weighted by Gasteiger charge is -2.43. The van der Waals surface area contributed by atoms with Crippen LogP contribution in [0.3, 0.4) is 0 Å². The van der Waals surface area contributed by atoms with Crippen molar-refractivity contribution >= 4 is 28.4 Å². The standard InChI is InChI=1S/C32H32F2N6O5/c1-37(2)20-13-38(14-20)28-5-4-18(12-36-28)39-15-22(32(42)43)30(41)21-10-23(33)26(11-25(21)39)40-19(8-17-9-24(17)40)16-45-31-29(34)27(44-3)6-7-35-31/h4-7,10-12,15,17,19-20,24H,8-9,13-14,16H2,1-3H3,(H,42,43)/t17-,19+,24+/m0/s1. The number of piperidine rings is 1. The second-order valence-corrected chi connectivity index (χ2v) is 12.1. The van der Waals surface area contributed by atoms with Crippen molar-refractivity contribution in [1.29, 1.82) is 0 Å². The van der Waals surface area contributed by atoms with Crippen molar-refractivity contribution < 1.29 is 28.2 Å². The first kappa shape index (κ1) is 29.0. The largest absolute Gasteiger partial charge is 0.493 e. The molecule has 0 amide bonds. The molecule has 11 nitrogen and oxygen atoms in total. The predicted octanol–water partition coefficient (Wildman–Crippen LogP) is 3.56. The van der Waals surface area contributed by atoms with Crippen LogP contribution >= 0.6 is 0 Å². The van der Waals surface area contributed by atoms with Gasteiger partial charge in [-0.05, 0) is 57.1 Å². The molecule has 3 aromatic heterocycles. The Hall–Kier alpha value is -4.78. The van der Waals surface area contributed by atoms with Gasteiger partial charge in [0.2, 0.25) is 11.2 Å². The first-order chi connectivity index (χ1) is 21.6. The molecule has 1 N–H and O–H groups in total. The minimum atomic E-state index is -1.41. The number of hydrogen-bond donors (Lipinski definition) is 1. The van der Waals surface area contributed by atoms with E-state index in [1.54, 1.807) is 16.8 Å². The van der Waals surface area contributed by atoms with Crippen molar-refractivity contribution in [2.45, 2.75) is 31.0 Å². The number of methoxy groups -OCH3 is 1. The van der Waals surface area contributed by atoms with Crippen molar-refractivity contribution in [1.82, 2.24) is 19.4 Å². The van der Waals surface area contributed by atoms with Crippen LogP contribution in [0, 0.1) is 17.6 Å². The third-order valence-electron chi connectivity index (χ3n) is 9.17. The number of benzene rings is 1. The summed E-state index contributed by atoms with van der Waals surface area (Å²) >= 11 is 0. The van der Waals surface area contributed by atoms with Crippen LogP contribution < -0.4 is 24.7 Å². The Bertz CT molecular complexity index is 1860. The van der Waals surface area contributed by atoms with Crippen molar-refractivity contribution in [2.75, 3.05) is 50.7 Å². The maximum Gasteiger partial charge on any atom is 0.341 e. The van der Waals surface area contributed by atoms with Gasteiger partial charge < -0.3 is 33.8 Å². The highest BCUT2D eigenvalue weighted by atomic mass is 19.1. The van der Waals surface area contributed by atoms with E-state index in [1.807, 2.05) is 31.1 Å². The molecule has 0 unspecified atom stereocenters. The van der Waals surface area contributed by atoms with E-state index in [-0.39, 0.29) is 41.4 Å². The summed E-state index contributed by atoms with van der Waals surface area (Å²) in [5.74, 6) is -1.84. The summed E-state index contributed by atoms with van der Waals surface area (Å²) in [5.41, 5.74) is -0.117. The molecule has 45 heavy (non-hydrogen) atoms. The van der Waals surface area contributed by atoms with E-state index >= 15 is 4.39 Å². The van der Waals surface area contributed by atoms with Gasteiger partial charge in [0.25, 0.3) is 5.88 Å². The van der Waals surface area contributed by atoms with Gasteiger partial charge in [-0.15, -0.1) is 0 Å². The highest BCUT2D eigenvalue weighted by Gasteiger charge is 2.53. The second-order valence-electron chi connectivity index (χ2n) is 12.1. The molecule has 0 radical (unpaired) electrons. The van der Waals surface area contributed by atoms with Gasteiger partial charge in [0, 0.05) is 49.0 Å². The number of likely N-dealkylation sites (N-methyl/N-ethyl adjacent to an activating group) is 1. The molecule has 2 saturated heterocycles. The highest BCUT2D eigenvalue weighted by Crippen LogP contribution is 2.50. The number of pyridine rings is 3. The zero-order valence-electron chi connectivity index (χ0n) is 25.0. The third kappa shape index (κ3) is 5.00. The molecule has 3 atom stereocenters. The lowest BCUT2D eigenvalue weighted by Crippen LogP contribution is -2.57. The van der Waals surface area contributed by atoms with E-state index in [4.69, 9.17) is 9.47 Å². The number of aromatic carboxylic acids is 1. The SMILES string of the molecule is COc1ccnc(OC[C@H]2C[C@H]3C[C@H]3N2c2cc3c(cc2F)c(=O)c(C(=O)O)cn3-c2ccc(N3CC(N(C)C)C3)nc2)c1F. The molecule has 4 aromatic rings. The van der Waals surface area contributed by atoms with Gasteiger partial charge in [-0.1, -0.05) is 0 Å². The number of carboxylic acids is 1. The molecule has 13 heteroatoms. The van der Waals surface area contributed by atoms with Gasteiger partial charge >= 0.3 is 5.97 Å². The van der Waals surface area contributed by atoms with Crippen LogP contribution in [0.5, 0.6) is 11.6 Å². The molecule has 3 fully saturated rings. The topological polar surface area (TPSA) is 113 Å². The van der Waals surface area contributed by atoms with Crippen molar-refractivity contribution in [3.8, 4) is 17.3 Å². The molecule has 7 rings (SSSR count). The molecule has 0 spiro atoms. The third-order valence-corrected chi connectivity index (χ3v) is 9.17. The molecule has 1 saturated carbocycles. The van der Waals surface area contributed by atoms with Crippen LogP contribution in [0.1, 0.15) is 23.2 Å². The Morgan fingerprint density at radius 2 is 1.93 bits per heavy atom. The maximum absolute atomic E-state index is 15.9. The van der Waals surface area contributed by atoms with Crippen molar-refractivity contribution in [3.63, 3.8) is 0 Å². The first-order valence-electron chi connectivity index (χ1n) is 14.7. The number of aromatic nitrogens is 3. The Labute approximate surface area is 257 Å². The molecule has 1 aromatic carbocycles. The number of fused-ring (bicyclic) bond motifs is 2. The summed E-state index contributed by atoms with van der Waals surface area (Å²) < 4.78 is 42.9. The highest BCUT2D eigenvalue weighted by molar-refractivity contribution is 5.94. The van der Waals surface area contributed by atoms with E-state index in [1.165, 1.54) is 25.6 Å². The van der Waals surface area contributed by atoms with Crippen LogP contribution in [-0.4, -0.2) is 89.5 Å². The first-order valence-corrected chi connectivity index (χ1v) is 14.7. The zero-order chi connectivity index (χ0) is 31.6. The summed E-state index contributed by atoms with van der Waals surface area (Å²) in [4.78, 5) is 40.1. The number of carboxylic acid groups (broad SMARTS) is 1. The summed E-state index contributed by atoms with van der Waals surface area (Å²) in [6.45, 7) is 1.74. The molecule has 3 aliphatic rings. The number of anilines is 2. The maximum atomic E-state index is 15.9. The number of nitrogens with zero attached hydrogens (tertiary/aromatic N) is 6. The zero-order valence-corrected chi connectivity index (χ0v) is 25.0. The molecule has 234 valence electrons. The van der Waals surface area contributed by atoms with Gasteiger partial charge in [-0.3, -0.25) is 4.79 Å². The Morgan fingerprint density at radius 1 is 1.13 bits per heavy atom. The molecular weight excluding hydrogens is 586 g/mol. The molecule has 2 aliphatic heterocycles. The van der Waals surface area contributed by atoms with Crippen LogP contribution in [0.4, 0.5) is 20.3 Å². The minimum Gasteiger partial charge on any atom is -0.493 e. The van der Waals surface area contributed by atoms with Crippen molar-refractivity contribution in [3.05, 3.63) is 76.3 Å². The molecular formula is C32H32F2N6O5. The number of carbonyl (C=O) groups is 1. The average Bonchev–Trinajstić information content (AvgIpc) is 3.66. The monoisotopic (exact) mass is 618 g/mol.